The normalized spacial score (nSPS) is 9.12. The van der Waals surface area contributed by atoms with Crippen molar-refractivity contribution in [2.45, 2.75) is 5.16 Å². The van der Waals surface area contributed by atoms with Gasteiger partial charge in [-0.05, 0) is 0 Å². The van der Waals surface area contributed by atoms with E-state index in [-0.39, 0.29) is 0 Å². The van der Waals surface area contributed by atoms with Crippen LogP contribution in [-0.2, 0) is 0 Å². The molecular formula is C4H4N3S. The summed E-state index contributed by atoms with van der Waals surface area (Å²) < 4.78 is 0. The van der Waals surface area contributed by atoms with E-state index < -0.39 is 0 Å². The molecule has 0 bridgehead atoms. The van der Waals surface area contributed by atoms with Gasteiger partial charge in [0.05, 0.1) is 12.4 Å². The van der Waals surface area contributed by atoms with Crippen molar-refractivity contribution in [1.29, 1.82) is 0 Å². The third kappa shape index (κ3) is 1.16. The van der Waals surface area contributed by atoms with Crippen molar-refractivity contribution in [3.05, 3.63) is 18.6 Å². The van der Waals surface area contributed by atoms with Crippen LogP contribution in [0.5, 0.6) is 0 Å². The maximum Gasteiger partial charge on any atom is 0.209 e. The molecule has 0 amide bonds. The zero-order valence-electron chi connectivity index (χ0n) is 4.11. The quantitative estimate of drug-likeness (QED) is 0.520. The average molecular weight is 126 g/mol. The van der Waals surface area contributed by atoms with E-state index in [0.717, 1.165) is 0 Å². The van der Waals surface area contributed by atoms with Gasteiger partial charge >= 0.3 is 0 Å². The molecule has 1 heterocycles. The summed E-state index contributed by atoms with van der Waals surface area (Å²) in [5, 5.41) is 7.82. The Kier molecular flexibility index (Phi) is 1.80. The molecule has 1 aromatic heterocycles. The lowest BCUT2D eigenvalue weighted by atomic mass is 10.9. The van der Waals surface area contributed by atoms with Gasteiger partial charge in [-0.3, -0.25) is 0 Å². The third-order valence-electron chi connectivity index (χ3n) is 0.591. The standard InChI is InChI=1S/C4H4N3S/c1-8-4-5-2-3-6-7-4/h2-3H,1H2. The maximum atomic E-state index is 3.82. The molecule has 1 aromatic rings. The second kappa shape index (κ2) is 2.61. The summed E-state index contributed by atoms with van der Waals surface area (Å²) in [6.07, 6.45) is 6.62. The SMILES string of the molecule is [CH2]Sc1nccnn1. The lowest BCUT2D eigenvalue weighted by molar-refractivity contribution is 0.841. The second-order valence-electron chi connectivity index (χ2n) is 1.07. The number of aromatic nitrogens is 3. The average Bonchev–Trinajstić information content (AvgIpc) is 1.90. The summed E-state index contributed by atoms with van der Waals surface area (Å²) in [6.45, 7) is 0. The van der Waals surface area contributed by atoms with Crippen molar-refractivity contribution >= 4 is 11.8 Å². The van der Waals surface area contributed by atoms with Crippen LogP contribution in [0.3, 0.4) is 0 Å². The largest absolute Gasteiger partial charge is 0.228 e. The van der Waals surface area contributed by atoms with Gasteiger partial charge < -0.3 is 0 Å². The molecule has 0 N–H and O–H groups in total. The number of hydrogen-bond acceptors (Lipinski definition) is 4. The molecule has 4 heteroatoms. The first-order chi connectivity index (χ1) is 3.93. The van der Waals surface area contributed by atoms with Crippen molar-refractivity contribution in [2.75, 3.05) is 0 Å². The first-order valence-corrected chi connectivity index (χ1v) is 2.98. The molecule has 0 saturated heterocycles. The van der Waals surface area contributed by atoms with Gasteiger partial charge in [-0.2, -0.15) is 5.10 Å². The lowest BCUT2D eigenvalue weighted by Gasteiger charge is -1.85. The zero-order chi connectivity index (χ0) is 5.82. The van der Waals surface area contributed by atoms with E-state index in [9.17, 15) is 0 Å². The zero-order valence-corrected chi connectivity index (χ0v) is 4.93. The fourth-order valence-corrected chi connectivity index (χ4v) is 0.542. The lowest BCUT2D eigenvalue weighted by Crippen LogP contribution is -1.84. The summed E-state index contributed by atoms with van der Waals surface area (Å²) in [7, 11) is 0. The smallest absolute Gasteiger partial charge is 0.209 e. The molecule has 0 aromatic carbocycles. The van der Waals surface area contributed by atoms with Gasteiger partial charge in [0.15, 0.2) is 0 Å². The number of hydrogen-bond donors (Lipinski definition) is 0. The number of rotatable bonds is 1. The van der Waals surface area contributed by atoms with E-state index in [0.29, 0.717) is 5.16 Å². The van der Waals surface area contributed by atoms with E-state index in [1.807, 2.05) is 0 Å². The molecule has 41 valence electrons. The van der Waals surface area contributed by atoms with Gasteiger partial charge in [-0.15, -0.1) is 5.10 Å². The van der Waals surface area contributed by atoms with Gasteiger partial charge in [-0.25, -0.2) is 4.98 Å². The number of thioether (sulfide) groups is 1. The van der Waals surface area contributed by atoms with Crippen LogP contribution in [0.1, 0.15) is 0 Å². The molecule has 0 atom stereocenters. The Hall–Kier alpha value is -0.640. The van der Waals surface area contributed by atoms with Crippen molar-refractivity contribution in [1.82, 2.24) is 15.2 Å². The van der Waals surface area contributed by atoms with Crippen LogP contribution >= 0.6 is 11.8 Å². The molecule has 0 aliphatic heterocycles. The van der Waals surface area contributed by atoms with Crippen molar-refractivity contribution in [3.63, 3.8) is 0 Å². The van der Waals surface area contributed by atoms with Crippen molar-refractivity contribution in [3.8, 4) is 0 Å². The molecule has 3 nitrogen and oxygen atoms in total. The molecule has 0 unspecified atom stereocenters. The van der Waals surface area contributed by atoms with Crippen molar-refractivity contribution in [2.24, 2.45) is 0 Å². The molecular weight excluding hydrogens is 122 g/mol. The minimum absolute atomic E-state index is 0.604. The summed E-state index contributed by atoms with van der Waals surface area (Å²) in [6, 6.07) is 0. The van der Waals surface area contributed by atoms with E-state index in [1.54, 1.807) is 6.20 Å². The Balaban J connectivity index is 2.83. The summed E-state index contributed by atoms with van der Waals surface area (Å²) >= 11 is 1.23. The number of nitrogens with zero attached hydrogens (tertiary/aromatic N) is 3. The van der Waals surface area contributed by atoms with Crippen LogP contribution in [0.15, 0.2) is 17.6 Å². The highest BCUT2D eigenvalue weighted by Crippen LogP contribution is 2.04. The topological polar surface area (TPSA) is 38.7 Å². The molecule has 0 aliphatic rings. The fourth-order valence-electron chi connectivity index (χ4n) is 0.302. The van der Waals surface area contributed by atoms with Gasteiger partial charge in [-0.1, -0.05) is 11.8 Å². The molecule has 0 spiro atoms. The monoisotopic (exact) mass is 126 g/mol. The maximum absolute atomic E-state index is 3.82. The minimum atomic E-state index is 0.604. The Morgan fingerprint density at radius 3 is 2.75 bits per heavy atom. The van der Waals surface area contributed by atoms with Crippen LogP contribution in [0, 0.1) is 6.26 Å². The highest BCUT2D eigenvalue weighted by Gasteiger charge is 1.85. The molecule has 0 aliphatic carbocycles. The van der Waals surface area contributed by atoms with Gasteiger partial charge in [0, 0.05) is 6.26 Å². The summed E-state index contributed by atoms with van der Waals surface area (Å²) in [5.41, 5.74) is 0. The van der Waals surface area contributed by atoms with Gasteiger partial charge in [0.25, 0.3) is 0 Å². The predicted molar refractivity (Wildman–Crippen MR) is 31.0 cm³/mol. The predicted octanol–water partition coefficient (Wildman–Crippen LogP) is 0.755. The van der Waals surface area contributed by atoms with Crippen LogP contribution in [0.2, 0.25) is 0 Å². The van der Waals surface area contributed by atoms with Crippen LogP contribution in [-0.4, -0.2) is 15.2 Å². The Morgan fingerprint density at radius 2 is 2.38 bits per heavy atom. The first kappa shape index (κ1) is 5.50. The van der Waals surface area contributed by atoms with Crippen LogP contribution < -0.4 is 0 Å². The second-order valence-corrected chi connectivity index (χ2v) is 1.72. The first-order valence-electron chi connectivity index (χ1n) is 1.99. The highest BCUT2D eigenvalue weighted by atomic mass is 32.2. The van der Waals surface area contributed by atoms with E-state index >= 15 is 0 Å². The molecule has 0 fully saturated rings. The fraction of sp³-hybridized carbons (Fsp3) is 0. The van der Waals surface area contributed by atoms with E-state index in [1.165, 1.54) is 18.0 Å². The van der Waals surface area contributed by atoms with E-state index in [2.05, 4.69) is 21.4 Å². The van der Waals surface area contributed by atoms with Crippen molar-refractivity contribution < 1.29 is 0 Å². The minimum Gasteiger partial charge on any atom is -0.228 e. The molecule has 1 radical (unpaired) electrons. The van der Waals surface area contributed by atoms with Crippen LogP contribution in [0.4, 0.5) is 0 Å². The van der Waals surface area contributed by atoms with E-state index in [4.69, 9.17) is 0 Å². The Bertz CT molecular complexity index is 153. The Morgan fingerprint density at radius 1 is 1.50 bits per heavy atom. The summed E-state index contributed by atoms with van der Waals surface area (Å²) in [4.78, 5) is 3.82. The van der Waals surface area contributed by atoms with Gasteiger partial charge in [0.2, 0.25) is 5.16 Å². The molecule has 0 saturated carbocycles. The Labute approximate surface area is 51.5 Å². The molecule has 1 rings (SSSR count). The van der Waals surface area contributed by atoms with Gasteiger partial charge in [0.1, 0.15) is 0 Å². The highest BCUT2D eigenvalue weighted by molar-refractivity contribution is 8.00. The third-order valence-corrected chi connectivity index (χ3v) is 1.04. The summed E-state index contributed by atoms with van der Waals surface area (Å²) in [5.74, 6) is 0. The molecule has 8 heavy (non-hydrogen) atoms. The van der Waals surface area contributed by atoms with Crippen LogP contribution in [0.25, 0.3) is 0 Å².